The normalized spacial score (nSPS) is 10.2. The van der Waals surface area contributed by atoms with Crippen LogP contribution in [0.4, 0.5) is 0 Å². The monoisotopic (exact) mass is 287 g/mol. The van der Waals surface area contributed by atoms with Gasteiger partial charge in [0.1, 0.15) is 11.4 Å². The fourth-order valence-electron chi connectivity index (χ4n) is 2.04. The maximum atomic E-state index is 12.4. The molecule has 0 aliphatic carbocycles. The maximum Gasteiger partial charge on any atom is 0.355 e. The highest BCUT2D eigenvalue weighted by atomic mass is 16.5. The molecular formula is C16H17NO4. The van der Waals surface area contributed by atoms with E-state index in [0.717, 1.165) is 0 Å². The summed E-state index contributed by atoms with van der Waals surface area (Å²) >= 11 is 0. The molecule has 1 aromatic heterocycles. The smallest absolute Gasteiger partial charge is 0.355 e. The minimum absolute atomic E-state index is 0.151. The molecule has 0 amide bonds. The van der Waals surface area contributed by atoms with Crippen LogP contribution in [0.3, 0.4) is 0 Å². The second kappa shape index (κ2) is 6.26. The van der Waals surface area contributed by atoms with Gasteiger partial charge in [0.25, 0.3) is 0 Å². The summed E-state index contributed by atoms with van der Waals surface area (Å²) in [4.78, 5) is 27.0. The second-order valence-corrected chi connectivity index (χ2v) is 4.48. The molecule has 0 aliphatic heterocycles. The van der Waals surface area contributed by atoms with E-state index in [0.29, 0.717) is 34.7 Å². The zero-order chi connectivity index (χ0) is 15.4. The maximum absolute atomic E-state index is 12.4. The first kappa shape index (κ1) is 14.8. The molecule has 21 heavy (non-hydrogen) atoms. The van der Waals surface area contributed by atoms with E-state index >= 15 is 0 Å². The quantitative estimate of drug-likeness (QED) is 0.678. The molecule has 0 bridgehead atoms. The first-order chi connectivity index (χ1) is 10.1. The fraction of sp³-hybridized carbons (Fsp3) is 0.250. The van der Waals surface area contributed by atoms with Crippen LogP contribution in [0.1, 0.15) is 38.9 Å². The van der Waals surface area contributed by atoms with Crippen molar-refractivity contribution in [3.63, 3.8) is 0 Å². The fourth-order valence-corrected chi connectivity index (χ4v) is 2.04. The number of rotatable bonds is 5. The first-order valence-corrected chi connectivity index (χ1v) is 6.62. The van der Waals surface area contributed by atoms with E-state index in [1.165, 1.54) is 6.20 Å². The van der Waals surface area contributed by atoms with Crippen LogP contribution in [0.5, 0.6) is 5.75 Å². The van der Waals surface area contributed by atoms with Gasteiger partial charge in [0.15, 0.2) is 5.78 Å². The highest BCUT2D eigenvalue weighted by Crippen LogP contribution is 2.20. The molecule has 0 aliphatic rings. The average molecular weight is 287 g/mol. The Bertz CT molecular complexity index is 655. The van der Waals surface area contributed by atoms with Crippen molar-refractivity contribution in [2.45, 2.75) is 13.8 Å². The van der Waals surface area contributed by atoms with Gasteiger partial charge >= 0.3 is 5.97 Å². The van der Waals surface area contributed by atoms with E-state index in [9.17, 15) is 9.59 Å². The number of nitrogens with one attached hydrogen (secondary N) is 1. The molecule has 2 rings (SSSR count). The third-order valence-electron chi connectivity index (χ3n) is 3.22. The lowest BCUT2D eigenvalue weighted by atomic mass is 10.0. The zero-order valence-electron chi connectivity index (χ0n) is 12.2. The molecule has 0 atom stereocenters. The first-order valence-electron chi connectivity index (χ1n) is 6.62. The van der Waals surface area contributed by atoms with Crippen LogP contribution in [-0.4, -0.2) is 30.5 Å². The number of benzene rings is 1. The van der Waals surface area contributed by atoms with Gasteiger partial charge in [-0.15, -0.1) is 0 Å². The largest absolute Gasteiger partial charge is 0.497 e. The summed E-state index contributed by atoms with van der Waals surface area (Å²) in [7, 11) is 1.57. The van der Waals surface area contributed by atoms with Crippen molar-refractivity contribution < 1.29 is 19.1 Å². The molecule has 0 radical (unpaired) electrons. The number of H-pyrrole nitrogens is 1. The van der Waals surface area contributed by atoms with Crippen LogP contribution in [0.25, 0.3) is 0 Å². The van der Waals surface area contributed by atoms with Gasteiger partial charge in [-0.3, -0.25) is 4.79 Å². The summed E-state index contributed by atoms with van der Waals surface area (Å²) in [6.07, 6.45) is 1.54. The standard InChI is InChI=1S/C16H17NO4/c1-4-21-16(19)14-10(2)13(9-17-14)15(18)11-5-7-12(20-3)8-6-11/h5-9,17H,4H2,1-3H3. The van der Waals surface area contributed by atoms with E-state index in [4.69, 9.17) is 9.47 Å². The number of ether oxygens (including phenoxy) is 2. The molecule has 5 nitrogen and oxygen atoms in total. The molecule has 2 aromatic rings. The van der Waals surface area contributed by atoms with E-state index in [2.05, 4.69) is 4.98 Å². The van der Waals surface area contributed by atoms with Crippen LogP contribution >= 0.6 is 0 Å². The topological polar surface area (TPSA) is 68.4 Å². The van der Waals surface area contributed by atoms with Crippen molar-refractivity contribution in [3.8, 4) is 5.75 Å². The van der Waals surface area contributed by atoms with Crippen molar-refractivity contribution in [2.75, 3.05) is 13.7 Å². The number of carbonyl (C=O) groups is 2. The summed E-state index contributed by atoms with van der Waals surface area (Å²) in [6.45, 7) is 3.75. The highest BCUT2D eigenvalue weighted by molar-refractivity contribution is 6.11. The van der Waals surface area contributed by atoms with Gasteiger partial charge in [0, 0.05) is 17.3 Å². The zero-order valence-corrected chi connectivity index (χ0v) is 12.2. The van der Waals surface area contributed by atoms with Crippen LogP contribution in [0.2, 0.25) is 0 Å². The third kappa shape index (κ3) is 2.97. The SMILES string of the molecule is CCOC(=O)c1[nH]cc(C(=O)c2ccc(OC)cc2)c1C. The molecule has 0 saturated carbocycles. The van der Waals surface area contributed by atoms with Gasteiger partial charge in [-0.1, -0.05) is 0 Å². The predicted octanol–water partition coefficient (Wildman–Crippen LogP) is 2.74. The summed E-state index contributed by atoms with van der Waals surface area (Å²) in [5, 5.41) is 0. The summed E-state index contributed by atoms with van der Waals surface area (Å²) in [5.41, 5.74) is 1.90. The minimum Gasteiger partial charge on any atom is -0.497 e. The van der Waals surface area contributed by atoms with Gasteiger partial charge in [-0.2, -0.15) is 0 Å². The number of ketones is 1. The summed E-state index contributed by atoms with van der Waals surface area (Å²) in [6, 6.07) is 6.83. The Morgan fingerprint density at radius 3 is 2.43 bits per heavy atom. The average Bonchev–Trinajstić information content (AvgIpc) is 2.88. The molecule has 1 aromatic carbocycles. The third-order valence-corrected chi connectivity index (χ3v) is 3.22. The van der Waals surface area contributed by atoms with E-state index in [-0.39, 0.29) is 5.78 Å². The van der Waals surface area contributed by atoms with Crippen molar-refractivity contribution >= 4 is 11.8 Å². The van der Waals surface area contributed by atoms with Gasteiger partial charge in [-0.05, 0) is 43.7 Å². The Labute approximate surface area is 122 Å². The Balaban J connectivity index is 2.29. The number of hydrogen-bond donors (Lipinski definition) is 1. The Morgan fingerprint density at radius 1 is 1.19 bits per heavy atom. The number of aromatic nitrogens is 1. The number of aromatic amines is 1. The lowest BCUT2D eigenvalue weighted by molar-refractivity contribution is 0.0519. The minimum atomic E-state index is -0.455. The van der Waals surface area contributed by atoms with Gasteiger partial charge in [-0.25, -0.2) is 4.79 Å². The van der Waals surface area contributed by atoms with Crippen LogP contribution in [-0.2, 0) is 4.74 Å². The number of hydrogen-bond acceptors (Lipinski definition) is 4. The lowest BCUT2D eigenvalue weighted by Crippen LogP contribution is -2.08. The van der Waals surface area contributed by atoms with E-state index in [1.54, 1.807) is 45.2 Å². The molecule has 110 valence electrons. The van der Waals surface area contributed by atoms with E-state index in [1.807, 2.05) is 0 Å². The molecule has 0 unspecified atom stereocenters. The number of carbonyl (C=O) groups excluding carboxylic acids is 2. The summed E-state index contributed by atoms with van der Waals surface area (Å²) < 4.78 is 10.0. The van der Waals surface area contributed by atoms with Crippen molar-refractivity contribution in [1.82, 2.24) is 4.98 Å². The van der Waals surface area contributed by atoms with Crippen LogP contribution in [0, 0.1) is 6.92 Å². The van der Waals surface area contributed by atoms with Crippen LogP contribution < -0.4 is 4.74 Å². The molecule has 0 fully saturated rings. The van der Waals surface area contributed by atoms with Crippen molar-refractivity contribution in [3.05, 3.63) is 52.8 Å². The van der Waals surface area contributed by atoms with Gasteiger partial charge < -0.3 is 14.5 Å². The van der Waals surface area contributed by atoms with E-state index < -0.39 is 5.97 Å². The molecular weight excluding hydrogens is 270 g/mol. The predicted molar refractivity (Wildman–Crippen MR) is 77.9 cm³/mol. The lowest BCUT2D eigenvalue weighted by Gasteiger charge is -2.04. The van der Waals surface area contributed by atoms with Crippen LogP contribution in [0.15, 0.2) is 30.5 Å². The highest BCUT2D eigenvalue weighted by Gasteiger charge is 2.20. The molecule has 0 saturated heterocycles. The molecule has 1 N–H and O–H groups in total. The molecule has 5 heteroatoms. The number of esters is 1. The summed E-state index contributed by atoms with van der Waals surface area (Å²) in [5.74, 6) is 0.0790. The Hall–Kier alpha value is -2.56. The number of methoxy groups -OCH3 is 1. The Morgan fingerprint density at radius 2 is 1.86 bits per heavy atom. The molecule has 1 heterocycles. The Kier molecular flexibility index (Phi) is 4.42. The van der Waals surface area contributed by atoms with Crippen molar-refractivity contribution in [1.29, 1.82) is 0 Å². The van der Waals surface area contributed by atoms with Crippen molar-refractivity contribution in [2.24, 2.45) is 0 Å². The van der Waals surface area contributed by atoms with Gasteiger partial charge in [0.2, 0.25) is 0 Å². The second-order valence-electron chi connectivity index (χ2n) is 4.48. The van der Waals surface area contributed by atoms with Gasteiger partial charge in [0.05, 0.1) is 13.7 Å². The molecule has 0 spiro atoms.